The first kappa shape index (κ1) is 17.0. The van der Waals surface area contributed by atoms with E-state index in [4.69, 9.17) is 10.2 Å². The molecule has 0 radical (unpaired) electrons. The number of nitrogens with zero attached hydrogens (tertiary/aromatic N) is 3. The second kappa shape index (κ2) is 6.69. The van der Waals surface area contributed by atoms with E-state index in [1.54, 1.807) is 12.1 Å². The van der Waals surface area contributed by atoms with Gasteiger partial charge in [-0.25, -0.2) is 4.98 Å². The monoisotopic (exact) mass is 367 g/mol. The highest BCUT2D eigenvalue weighted by Gasteiger charge is 2.22. The number of aromatic nitrogens is 2. The molecule has 3 heterocycles. The van der Waals surface area contributed by atoms with Crippen molar-refractivity contribution < 1.29 is 9.34 Å². The molecule has 0 amide bonds. The van der Waals surface area contributed by atoms with E-state index in [0.29, 0.717) is 30.8 Å². The van der Waals surface area contributed by atoms with Crippen LogP contribution in [-0.4, -0.2) is 26.3 Å². The molecule has 4 rings (SSSR count). The molecule has 9 heteroatoms. The van der Waals surface area contributed by atoms with Gasteiger partial charge in [0.05, 0.1) is 22.7 Å². The third-order valence-corrected chi connectivity index (χ3v) is 4.57. The highest BCUT2D eigenvalue weighted by atomic mass is 16.6. The minimum Gasteiger partial charge on any atom is -0.460 e. The molecular formula is C18H17N5O4. The van der Waals surface area contributed by atoms with E-state index in [2.05, 4.69) is 14.9 Å². The maximum atomic E-state index is 12.1. The molecule has 0 atom stereocenters. The van der Waals surface area contributed by atoms with Crippen molar-refractivity contribution in [2.45, 2.75) is 19.5 Å². The molecular weight excluding hydrogens is 350 g/mol. The number of anilines is 1. The zero-order valence-electron chi connectivity index (χ0n) is 14.3. The SMILES string of the molecule is Nc1nc2c(c(=O)[nH]1)CN(Cc1ccc(-c3ccc([N+](=O)[O-])cc3)o1)CC2. The molecule has 9 nitrogen and oxygen atoms in total. The number of furan rings is 1. The predicted octanol–water partition coefficient (Wildman–Crippen LogP) is 2.08. The van der Waals surface area contributed by atoms with Crippen LogP contribution in [0.1, 0.15) is 17.0 Å². The molecule has 1 aromatic carbocycles. The lowest BCUT2D eigenvalue weighted by Crippen LogP contribution is -2.35. The molecule has 138 valence electrons. The molecule has 0 bridgehead atoms. The summed E-state index contributed by atoms with van der Waals surface area (Å²) in [5, 5.41) is 10.7. The molecule has 2 aromatic heterocycles. The minimum atomic E-state index is -0.435. The van der Waals surface area contributed by atoms with Crippen molar-refractivity contribution in [3.8, 4) is 11.3 Å². The first-order valence-corrected chi connectivity index (χ1v) is 8.43. The number of benzene rings is 1. The zero-order valence-corrected chi connectivity index (χ0v) is 14.3. The fourth-order valence-electron chi connectivity index (χ4n) is 3.22. The Balaban J connectivity index is 1.48. The molecule has 1 aliphatic rings. The number of hydrogen-bond acceptors (Lipinski definition) is 7. The molecule has 3 N–H and O–H groups in total. The van der Waals surface area contributed by atoms with Crippen LogP contribution in [0.15, 0.2) is 45.6 Å². The van der Waals surface area contributed by atoms with Gasteiger partial charge in [-0.2, -0.15) is 0 Å². The van der Waals surface area contributed by atoms with E-state index in [0.717, 1.165) is 23.6 Å². The lowest BCUT2D eigenvalue weighted by Gasteiger charge is -2.26. The number of nitrogens with two attached hydrogens (primary N) is 1. The second-order valence-electron chi connectivity index (χ2n) is 6.41. The van der Waals surface area contributed by atoms with E-state index in [1.165, 1.54) is 12.1 Å². The molecule has 0 saturated heterocycles. The minimum absolute atomic E-state index is 0.0389. The Labute approximate surface area is 153 Å². The molecule has 0 saturated carbocycles. The number of non-ortho nitro benzene ring substituents is 1. The summed E-state index contributed by atoms with van der Waals surface area (Å²) in [5.41, 5.74) is 7.59. The topological polar surface area (TPSA) is 131 Å². The lowest BCUT2D eigenvalue weighted by atomic mass is 10.1. The maximum absolute atomic E-state index is 12.1. The molecule has 27 heavy (non-hydrogen) atoms. The van der Waals surface area contributed by atoms with Crippen LogP contribution < -0.4 is 11.3 Å². The third kappa shape index (κ3) is 3.44. The van der Waals surface area contributed by atoms with Gasteiger partial charge in [-0.3, -0.25) is 24.8 Å². The number of nitro benzene ring substituents is 1. The third-order valence-electron chi connectivity index (χ3n) is 4.57. The van der Waals surface area contributed by atoms with Gasteiger partial charge in [0.2, 0.25) is 5.95 Å². The lowest BCUT2D eigenvalue weighted by molar-refractivity contribution is -0.384. The summed E-state index contributed by atoms with van der Waals surface area (Å²) < 4.78 is 5.88. The van der Waals surface area contributed by atoms with Crippen molar-refractivity contribution in [1.29, 1.82) is 0 Å². The zero-order chi connectivity index (χ0) is 19.0. The number of nitrogen functional groups attached to an aromatic ring is 1. The second-order valence-corrected chi connectivity index (χ2v) is 6.41. The number of fused-ring (bicyclic) bond motifs is 1. The molecule has 0 spiro atoms. The summed E-state index contributed by atoms with van der Waals surface area (Å²) in [6, 6.07) is 9.93. The van der Waals surface area contributed by atoms with Crippen molar-refractivity contribution in [1.82, 2.24) is 14.9 Å². The largest absolute Gasteiger partial charge is 0.460 e. The van der Waals surface area contributed by atoms with Crippen LogP contribution in [0, 0.1) is 10.1 Å². The summed E-state index contributed by atoms with van der Waals surface area (Å²) >= 11 is 0. The average molecular weight is 367 g/mol. The van der Waals surface area contributed by atoms with Gasteiger partial charge in [0, 0.05) is 37.2 Å². The number of nitrogens with one attached hydrogen (secondary N) is 1. The standard InChI is InChI=1S/C18H17N5O4/c19-18-20-15-7-8-22(10-14(15)17(24)21-18)9-13-5-6-16(27-13)11-1-3-12(4-2-11)23(25)26/h1-6H,7-10H2,(H3,19,20,21,24). The Morgan fingerprint density at radius 2 is 2.04 bits per heavy atom. The van der Waals surface area contributed by atoms with Gasteiger partial charge >= 0.3 is 0 Å². The highest BCUT2D eigenvalue weighted by Crippen LogP contribution is 2.26. The smallest absolute Gasteiger partial charge is 0.269 e. The number of rotatable bonds is 4. The van der Waals surface area contributed by atoms with Gasteiger partial charge in [-0.1, -0.05) is 0 Å². The van der Waals surface area contributed by atoms with E-state index in [9.17, 15) is 14.9 Å². The van der Waals surface area contributed by atoms with Crippen LogP contribution in [0.4, 0.5) is 11.6 Å². The van der Waals surface area contributed by atoms with E-state index in [-0.39, 0.29) is 17.2 Å². The summed E-state index contributed by atoms with van der Waals surface area (Å²) in [6.45, 7) is 1.78. The van der Waals surface area contributed by atoms with Gasteiger partial charge in [-0.15, -0.1) is 0 Å². The summed E-state index contributed by atoms with van der Waals surface area (Å²) in [7, 11) is 0. The predicted molar refractivity (Wildman–Crippen MR) is 97.9 cm³/mol. The van der Waals surface area contributed by atoms with Gasteiger partial charge < -0.3 is 10.2 Å². The van der Waals surface area contributed by atoms with Crippen LogP contribution in [-0.2, 0) is 19.5 Å². The fraction of sp³-hybridized carbons (Fsp3) is 0.222. The molecule has 0 aliphatic carbocycles. The van der Waals surface area contributed by atoms with Crippen molar-refractivity contribution in [3.05, 3.63) is 73.9 Å². The quantitative estimate of drug-likeness (QED) is 0.533. The Hall–Kier alpha value is -3.46. The van der Waals surface area contributed by atoms with Gasteiger partial charge in [-0.05, 0) is 24.3 Å². The Bertz CT molecular complexity index is 1050. The van der Waals surface area contributed by atoms with Crippen LogP contribution in [0.25, 0.3) is 11.3 Å². The summed E-state index contributed by atoms with van der Waals surface area (Å²) in [4.78, 5) is 31.2. The average Bonchev–Trinajstić information content (AvgIpc) is 3.11. The van der Waals surface area contributed by atoms with Crippen molar-refractivity contribution in [3.63, 3.8) is 0 Å². The summed E-state index contributed by atoms with van der Waals surface area (Å²) in [6.07, 6.45) is 0.652. The van der Waals surface area contributed by atoms with Gasteiger partial charge in [0.1, 0.15) is 11.5 Å². The van der Waals surface area contributed by atoms with Crippen LogP contribution in [0.2, 0.25) is 0 Å². The van der Waals surface area contributed by atoms with Gasteiger partial charge in [0.25, 0.3) is 11.2 Å². The van der Waals surface area contributed by atoms with Crippen molar-refractivity contribution >= 4 is 11.6 Å². The molecule has 0 fully saturated rings. The Kier molecular flexibility index (Phi) is 4.21. The number of aromatic amines is 1. The maximum Gasteiger partial charge on any atom is 0.269 e. The molecule has 0 unspecified atom stereocenters. The van der Waals surface area contributed by atoms with E-state index in [1.807, 2.05) is 12.1 Å². The number of hydrogen-bond donors (Lipinski definition) is 2. The Morgan fingerprint density at radius 1 is 1.26 bits per heavy atom. The van der Waals surface area contributed by atoms with Crippen molar-refractivity contribution in [2.75, 3.05) is 12.3 Å². The number of H-pyrrole nitrogens is 1. The Morgan fingerprint density at radius 3 is 2.78 bits per heavy atom. The van der Waals surface area contributed by atoms with E-state index < -0.39 is 4.92 Å². The first-order chi connectivity index (χ1) is 13.0. The van der Waals surface area contributed by atoms with E-state index >= 15 is 0 Å². The first-order valence-electron chi connectivity index (χ1n) is 8.43. The van der Waals surface area contributed by atoms with Crippen LogP contribution in [0.3, 0.4) is 0 Å². The highest BCUT2D eigenvalue weighted by molar-refractivity contribution is 5.59. The van der Waals surface area contributed by atoms with Crippen LogP contribution in [0.5, 0.6) is 0 Å². The van der Waals surface area contributed by atoms with Gasteiger partial charge in [0.15, 0.2) is 0 Å². The van der Waals surface area contributed by atoms with Crippen LogP contribution >= 0.6 is 0 Å². The van der Waals surface area contributed by atoms with Crippen molar-refractivity contribution in [2.24, 2.45) is 0 Å². The number of nitro groups is 1. The normalized spacial score (nSPS) is 14.1. The molecule has 3 aromatic rings. The summed E-state index contributed by atoms with van der Waals surface area (Å²) in [5.74, 6) is 1.54. The fourth-order valence-corrected chi connectivity index (χ4v) is 3.22. The molecule has 1 aliphatic heterocycles.